The van der Waals surface area contributed by atoms with E-state index in [1.54, 1.807) is 0 Å². The van der Waals surface area contributed by atoms with Crippen LogP contribution in [0.2, 0.25) is 0 Å². The van der Waals surface area contributed by atoms with Crippen LogP contribution in [0.1, 0.15) is 5.56 Å². The van der Waals surface area contributed by atoms with Gasteiger partial charge < -0.3 is 9.84 Å². The van der Waals surface area contributed by atoms with E-state index in [9.17, 15) is 8.78 Å². The Balaban J connectivity index is 2.68. The number of rotatable bonds is 3. The van der Waals surface area contributed by atoms with E-state index in [1.165, 1.54) is 6.20 Å². The number of hydrogen-bond acceptors (Lipinski definition) is 3. The fraction of sp³-hybridized carbons (Fsp3) is 0.400. The van der Waals surface area contributed by atoms with E-state index in [4.69, 9.17) is 5.11 Å². The molecule has 0 unspecified atom stereocenters. The highest BCUT2D eigenvalue weighted by Gasteiger charge is 2.09. The number of aromatic amines is 1. The maximum absolute atomic E-state index is 11.6. The summed E-state index contributed by atoms with van der Waals surface area (Å²) in [7, 11) is 0. The van der Waals surface area contributed by atoms with Gasteiger partial charge in [0, 0.05) is 0 Å². The third-order valence-electron chi connectivity index (χ3n) is 1.06. The Hall–Kier alpha value is -1.17. The van der Waals surface area contributed by atoms with Crippen molar-refractivity contribution in [2.45, 2.75) is 13.2 Å². The number of aliphatic hydroxyl groups excluding tert-OH is 1. The molecule has 0 atom stereocenters. The first-order valence-corrected chi connectivity index (χ1v) is 2.82. The average Bonchev–Trinajstić information content (AvgIpc) is 2.34. The van der Waals surface area contributed by atoms with Gasteiger partial charge in [-0.15, -0.1) is 0 Å². The first-order chi connectivity index (χ1) is 5.24. The predicted molar refractivity (Wildman–Crippen MR) is 31.1 cm³/mol. The second-order valence-electron chi connectivity index (χ2n) is 1.76. The molecule has 11 heavy (non-hydrogen) atoms. The van der Waals surface area contributed by atoms with Crippen LogP contribution >= 0.6 is 0 Å². The van der Waals surface area contributed by atoms with Crippen LogP contribution < -0.4 is 4.74 Å². The number of alkyl halides is 2. The second-order valence-corrected chi connectivity index (χ2v) is 1.76. The van der Waals surface area contributed by atoms with Crippen molar-refractivity contribution in [2.24, 2.45) is 0 Å². The highest BCUT2D eigenvalue weighted by Crippen LogP contribution is 2.15. The minimum absolute atomic E-state index is 0.192. The Morgan fingerprint density at radius 3 is 3.00 bits per heavy atom. The molecule has 0 aliphatic carbocycles. The Labute approximate surface area is 60.8 Å². The summed E-state index contributed by atoms with van der Waals surface area (Å²) in [5.74, 6) is -0.192. The highest BCUT2D eigenvalue weighted by atomic mass is 19.3. The molecule has 0 saturated carbocycles. The first kappa shape index (κ1) is 7.93. The number of aromatic nitrogens is 2. The molecule has 0 radical (unpaired) electrons. The van der Waals surface area contributed by atoms with Crippen LogP contribution in [0.15, 0.2) is 6.20 Å². The van der Waals surface area contributed by atoms with Gasteiger partial charge in [-0.3, -0.25) is 0 Å². The van der Waals surface area contributed by atoms with Crippen LogP contribution in [0.5, 0.6) is 5.88 Å². The molecule has 62 valence electrons. The van der Waals surface area contributed by atoms with E-state index in [1.807, 2.05) is 0 Å². The molecule has 1 aromatic rings. The smallest absolute Gasteiger partial charge is 0.388 e. The van der Waals surface area contributed by atoms with Gasteiger partial charge in [-0.05, 0) is 0 Å². The number of H-pyrrole nitrogens is 1. The predicted octanol–water partition coefficient (Wildman–Crippen LogP) is 0.503. The first-order valence-electron chi connectivity index (χ1n) is 2.82. The van der Waals surface area contributed by atoms with Gasteiger partial charge in [0.15, 0.2) is 0 Å². The molecule has 0 aliphatic heterocycles. The van der Waals surface area contributed by atoms with Crippen molar-refractivity contribution in [3.05, 3.63) is 11.8 Å². The highest BCUT2D eigenvalue weighted by molar-refractivity contribution is 5.21. The lowest BCUT2D eigenvalue weighted by molar-refractivity contribution is -0.0539. The Bertz CT molecular complexity index is 226. The van der Waals surface area contributed by atoms with E-state index in [0.717, 1.165) is 0 Å². The number of aliphatic hydroxyl groups is 1. The van der Waals surface area contributed by atoms with Crippen LogP contribution in [0, 0.1) is 0 Å². The van der Waals surface area contributed by atoms with Crippen LogP contribution in [-0.2, 0) is 6.61 Å². The van der Waals surface area contributed by atoms with Crippen LogP contribution in [0.4, 0.5) is 8.78 Å². The number of hydrogen-bond donors (Lipinski definition) is 2. The normalized spacial score (nSPS) is 10.5. The standard InChI is InChI=1S/C5H6F2N2O2/c6-5(7)11-4-3(2-10)1-8-9-4/h1,5,10H,2H2,(H,8,9). The molecule has 0 bridgehead atoms. The van der Waals surface area contributed by atoms with Crippen LogP contribution in [-0.4, -0.2) is 21.9 Å². The third kappa shape index (κ3) is 1.87. The van der Waals surface area contributed by atoms with E-state index >= 15 is 0 Å². The molecular weight excluding hydrogens is 158 g/mol. The fourth-order valence-corrected chi connectivity index (χ4v) is 0.603. The van der Waals surface area contributed by atoms with E-state index in [0.29, 0.717) is 0 Å². The van der Waals surface area contributed by atoms with Gasteiger partial charge in [0.25, 0.3) is 0 Å². The summed E-state index contributed by atoms with van der Waals surface area (Å²) in [5, 5.41) is 14.1. The SMILES string of the molecule is OCc1cn[nH]c1OC(F)F. The maximum atomic E-state index is 11.6. The lowest BCUT2D eigenvalue weighted by atomic mass is 10.4. The Kier molecular flexibility index (Phi) is 2.37. The van der Waals surface area contributed by atoms with Crippen molar-refractivity contribution in [1.82, 2.24) is 10.2 Å². The van der Waals surface area contributed by atoms with Crippen molar-refractivity contribution in [1.29, 1.82) is 0 Å². The molecule has 0 amide bonds. The monoisotopic (exact) mass is 164 g/mol. The minimum Gasteiger partial charge on any atom is -0.417 e. The minimum atomic E-state index is -2.90. The fourth-order valence-electron chi connectivity index (χ4n) is 0.603. The maximum Gasteiger partial charge on any atom is 0.388 e. The van der Waals surface area contributed by atoms with E-state index in [2.05, 4.69) is 14.9 Å². The molecule has 1 heterocycles. The quantitative estimate of drug-likeness (QED) is 0.684. The number of halogens is 2. The largest absolute Gasteiger partial charge is 0.417 e. The van der Waals surface area contributed by atoms with Gasteiger partial charge >= 0.3 is 6.61 Å². The zero-order valence-corrected chi connectivity index (χ0v) is 5.42. The molecule has 6 heteroatoms. The molecule has 2 N–H and O–H groups in total. The van der Waals surface area contributed by atoms with Crippen molar-refractivity contribution in [2.75, 3.05) is 0 Å². The van der Waals surface area contributed by atoms with Gasteiger partial charge in [-0.25, -0.2) is 5.10 Å². The lowest BCUT2D eigenvalue weighted by Crippen LogP contribution is -2.03. The van der Waals surface area contributed by atoms with Crippen LogP contribution in [0.25, 0.3) is 0 Å². The lowest BCUT2D eigenvalue weighted by Gasteiger charge is -2.01. The number of nitrogens with one attached hydrogen (secondary N) is 1. The van der Waals surface area contributed by atoms with Gasteiger partial charge in [0.05, 0.1) is 18.4 Å². The zero-order valence-electron chi connectivity index (χ0n) is 5.42. The molecule has 0 saturated heterocycles. The van der Waals surface area contributed by atoms with E-state index < -0.39 is 6.61 Å². The summed E-state index contributed by atoms with van der Waals surface area (Å²) in [6.07, 6.45) is 1.22. The molecule has 1 rings (SSSR count). The van der Waals surface area contributed by atoms with Crippen molar-refractivity contribution >= 4 is 0 Å². The topological polar surface area (TPSA) is 58.1 Å². The van der Waals surface area contributed by atoms with Gasteiger partial charge in [-0.2, -0.15) is 13.9 Å². The summed E-state index contributed by atoms with van der Waals surface area (Å²) < 4.78 is 27.1. The number of nitrogens with zero attached hydrogens (tertiary/aromatic N) is 1. The molecule has 0 spiro atoms. The van der Waals surface area contributed by atoms with Gasteiger partial charge in [0.1, 0.15) is 0 Å². The summed E-state index contributed by atoms with van der Waals surface area (Å²) in [5.41, 5.74) is 0.213. The van der Waals surface area contributed by atoms with Crippen LogP contribution in [0.3, 0.4) is 0 Å². The molecule has 4 nitrogen and oxygen atoms in total. The Morgan fingerprint density at radius 1 is 1.73 bits per heavy atom. The Morgan fingerprint density at radius 2 is 2.45 bits per heavy atom. The molecule has 0 aromatic carbocycles. The van der Waals surface area contributed by atoms with Gasteiger partial charge in [-0.1, -0.05) is 0 Å². The van der Waals surface area contributed by atoms with Crippen molar-refractivity contribution < 1.29 is 18.6 Å². The summed E-state index contributed by atoms with van der Waals surface area (Å²) >= 11 is 0. The average molecular weight is 164 g/mol. The second kappa shape index (κ2) is 3.29. The molecule has 0 aliphatic rings. The number of ether oxygens (including phenoxy) is 1. The summed E-state index contributed by atoms with van der Waals surface area (Å²) in [6.45, 7) is -3.28. The van der Waals surface area contributed by atoms with Crippen molar-refractivity contribution in [3.63, 3.8) is 0 Å². The molecule has 0 fully saturated rings. The third-order valence-corrected chi connectivity index (χ3v) is 1.06. The summed E-state index contributed by atoms with van der Waals surface area (Å²) in [6, 6.07) is 0. The zero-order chi connectivity index (χ0) is 8.27. The van der Waals surface area contributed by atoms with E-state index in [-0.39, 0.29) is 18.1 Å². The summed E-state index contributed by atoms with van der Waals surface area (Å²) in [4.78, 5) is 0. The molecular formula is C5H6F2N2O2. The molecule has 1 aromatic heterocycles. The van der Waals surface area contributed by atoms with Gasteiger partial charge in [0.2, 0.25) is 5.88 Å². The van der Waals surface area contributed by atoms with Crippen molar-refractivity contribution in [3.8, 4) is 5.88 Å².